The van der Waals surface area contributed by atoms with Crippen LogP contribution in [0.3, 0.4) is 0 Å². The first kappa shape index (κ1) is 34.5. The van der Waals surface area contributed by atoms with E-state index in [2.05, 4.69) is 216 Å². The van der Waals surface area contributed by atoms with E-state index < -0.39 is 0 Å². The van der Waals surface area contributed by atoms with Crippen LogP contribution in [-0.4, -0.2) is 15.8 Å². The van der Waals surface area contributed by atoms with E-state index in [1.165, 1.54) is 77.9 Å². The molecule has 58 heavy (non-hydrogen) atoms. The Balaban J connectivity index is 1.23. The molecule has 5 heteroatoms. The highest BCUT2D eigenvalue weighted by Gasteiger charge is 2.42. The van der Waals surface area contributed by atoms with Crippen molar-refractivity contribution in [1.29, 1.82) is 0 Å². The van der Waals surface area contributed by atoms with Gasteiger partial charge in [-0.1, -0.05) is 113 Å². The molecule has 0 bridgehead atoms. The average Bonchev–Trinajstić information content (AvgIpc) is 3.87. The van der Waals surface area contributed by atoms with E-state index in [9.17, 15) is 0 Å². The molecule has 0 saturated carbocycles. The molecule has 0 aliphatic carbocycles. The predicted molar refractivity (Wildman–Crippen MR) is 247 cm³/mol. The Labute approximate surface area is 341 Å². The lowest BCUT2D eigenvalue weighted by atomic mass is 9.34. The second kappa shape index (κ2) is 13.5. The second-order valence-corrected chi connectivity index (χ2v) is 16.1. The summed E-state index contributed by atoms with van der Waals surface area (Å²) in [7, 11) is 0. The Morgan fingerprint density at radius 2 is 0.828 bits per heavy atom. The van der Waals surface area contributed by atoms with Gasteiger partial charge in [-0.05, 0) is 126 Å². The van der Waals surface area contributed by atoms with Crippen molar-refractivity contribution in [1.82, 2.24) is 9.13 Å². The fourth-order valence-corrected chi connectivity index (χ4v) is 9.97. The smallest absolute Gasteiger partial charge is 0.252 e. The number of aromatic nitrogens is 2. The van der Waals surface area contributed by atoms with Crippen molar-refractivity contribution in [3.63, 3.8) is 0 Å². The van der Waals surface area contributed by atoms with Gasteiger partial charge in [-0.15, -0.1) is 0 Å². The molecule has 4 heterocycles. The number of anilines is 6. The number of hydrogen-bond donors (Lipinski definition) is 0. The molecule has 0 saturated heterocycles. The number of aryl methyl sites for hydroxylation is 2. The molecule has 4 nitrogen and oxygen atoms in total. The highest BCUT2D eigenvalue weighted by atomic mass is 15.2. The fraction of sp³-hybridized carbons (Fsp3) is 0.132. The third kappa shape index (κ3) is 5.02. The van der Waals surface area contributed by atoms with Crippen molar-refractivity contribution in [2.24, 2.45) is 0 Å². The molecular weight excluding hydrogens is 703 g/mol. The summed E-state index contributed by atoms with van der Waals surface area (Å²) in [5.41, 5.74) is 20.5. The summed E-state index contributed by atoms with van der Waals surface area (Å²) in [5.74, 6) is 0.367. The predicted octanol–water partition coefficient (Wildman–Crippen LogP) is 11.9. The number of hydrogen-bond acceptors (Lipinski definition) is 2. The maximum Gasteiger partial charge on any atom is 0.252 e. The third-order valence-electron chi connectivity index (χ3n) is 12.6. The molecule has 2 aromatic heterocycles. The van der Waals surface area contributed by atoms with Crippen molar-refractivity contribution < 1.29 is 0 Å². The SMILES string of the molecule is CCc1cc2c(N(c3ccccc3)c3ccccc3)ccc3c2n1-c1cc(C(C)C)cc2c1B3c1ccc(N(c3ccccc3)c3ccccc3)c3cc(CC)n-2c13. The molecule has 7 aromatic carbocycles. The molecule has 9 aromatic rings. The summed E-state index contributed by atoms with van der Waals surface area (Å²) in [6.45, 7) is 9.36. The van der Waals surface area contributed by atoms with E-state index in [0.29, 0.717) is 5.92 Å². The van der Waals surface area contributed by atoms with Crippen molar-refractivity contribution in [3.05, 3.63) is 187 Å². The van der Waals surface area contributed by atoms with Crippen LogP contribution in [0, 0.1) is 0 Å². The number of para-hydroxylation sites is 4. The minimum Gasteiger partial charge on any atom is -0.314 e. The van der Waals surface area contributed by atoms with E-state index in [1.807, 2.05) is 0 Å². The summed E-state index contributed by atoms with van der Waals surface area (Å²) < 4.78 is 5.25. The van der Waals surface area contributed by atoms with Gasteiger partial charge in [0.25, 0.3) is 6.71 Å². The Morgan fingerprint density at radius 1 is 0.466 bits per heavy atom. The minimum absolute atomic E-state index is 0.0716. The van der Waals surface area contributed by atoms with E-state index in [1.54, 1.807) is 0 Å². The molecule has 2 aliphatic rings. The summed E-state index contributed by atoms with van der Waals surface area (Å²) in [6, 6.07) is 62.9. The number of nitrogens with zero attached hydrogens (tertiary/aromatic N) is 4. The summed E-state index contributed by atoms with van der Waals surface area (Å²) in [4.78, 5) is 4.87. The van der Waals surface area contributed by atoms with Crippen LogP contribution in [-0.2, 0) is 12.8 Å². The van der Waals surface area contributed by atoms with Crippen LogP contribution < -0.4 is 26.2 Å². The lowest BCUT2D eigenvalue weighted by molar-refractivity contribution is 0.855. The van der Waals surface area contributed by atoms with Crippen LogP contribution in [0.25, 0.3) is 33.2 Å². The van der Waals surface area contributed by atoms with Crippen LogP contribution in [0.15, 0.2) is 170 Å². The standard InChI is InChI=1S/C53H45BN4/c1-5-37-33-43-47(55(39-19-11-7-12-20-39)40-21-13-8-14-22-40)29-27-45-52(43)57(37)49-31-36(35(3)4)32-50-51(49)54(45)46-28-30-48(44-34-38(6-2)58(50)53(44)46)56(41-23-15-9-16-24-41)42-25-17-10-18-26-42/h7-35H,5-6H2,1-4H3. The normalized spacial score (nSPS) is 12.4. The highest BCUT2D eigenvalue weighted by Crippen LogP contribution is 2.45. The number of benzene rings is 7. The largest absolute Gasteiger partial charge is 0.314 e. The van der Waals surface area contributed by atoms with Gasteiger partial charge in [0.1, 0.15) is 0 Å². The Kier molecular flexibility index (Phi) is 8.01. The van der Waals surface area contributed by atoms with Gasteiger partial charge in [-0.25, -0.2) is 0 Å². The summed E-state index contributed by atoms with van der Waals surface area (Å²) in [6.07, 6.45) is 1.86. The van der Waals surface area contributed by atoms with E-state index in [4.69, 9.17) is 0 Å². The third-order valence-corrected chi connectivity index (χ3v) is 12.6. The molecule has 280 valence electrons. The van der Waals surface area contributed by atoms with Gasteiger partial charge in [0.2, 0.25) is 0 Å². The maximum atomic E-state index is 2.63. The van der Waals surface area contributed by atoms with Crippen molar-refractivity contribution >= 4 is 79.0 Å². The number of rotatable bonds is 9. The summed E-state index contributed by atoms with van der Waals surface area (Å²) >= 11 is 0. The van der Waals surface area contributed by atoms with E-state index >= 15 is 0 Å². The lowest BCUT2D eigenvalue weighted by Crippen LogP contribution is -2.59. The van der Waals surface area contributed by atoms with Crippen molar-refractivity contribution in [2.75, 3.05) is 9.80 Å². The van der Waals surface area contributed by atoms with E-state index in [0.717, 1.165) is 35.6 Å². The van der Waals surface area contributed by atoms with Gasteiger partial charge >= 0.3 is 0 Å². The first-order valence-corrected chi connectivity index (χ1v) is 20.9. The molecule has 0 N–H and O–H groups in total. The highest BCUT2D eigenvalue weighted by molar-refractivity contribution is 7.00. The van der Waals surface area contributed by atoms with Crippen molar-refractivity contribution in [3.8, 4) is 11.4 Å². The lowest BCUT2D eigenvalue weighted by Gasteiger charge is -2.36. The topological polar surface area (TPSA) is 16.3 Å². The molecule has 0 unspecified atom stereocenters. The zero-order chi connectivity index (χ0) is 39.1. The van der Waals surface area contributed by atoms with Gasteiger partial charge in [-0.2, -0.15) is 0 Å². The van der Waals surface area contributed by atoms with Gasteiger partial charge in [0, 0.05) is 56.3 Å². The summed E-state index contributed by atoms with van der Waals surface area (Å²) in [5, 5.41) is 2.57. The average molecular weight is 749 g/mol. The van der Waals surface area contributed by atoms with Crippen molar-refractivity contribution in [2.45, 2.75) is 46.5 Å². The van der Waals surface area contributed by atoms with Crippen LogP contribution in [0.2, 0.25) is 0 Å². The van der Waals surface area contributed by atoms with Crippen LogP contribution in [0.4, 0.5) is 34.1 Å². The van der Waals surface area contributed by atoms with Gasteiger partial charge < -0.3 is 18.9 Å². The molecule has 0 spiro atoms. The Bertz CT molecular complexity index is 2720. The minimum atomic E-state index is 0.0716. The molecule has 0 atom stereocenters. The van der Waals surface area contributed by atoms with Crippen LogP contribution in [0.1, 0.15) is 50.6 Å². The molecule has 0 amide bonds. The zero-order valence-corrected chi connectivity index (χ0v) is 33.5. The number of fused-ring (bicyclic) bond motifs is 4. The maximum absolute atomic E-state index is 2.63. The first-order chi connectivity index (χ1) is 28.6. The molecular formula is C53H45BN4. The van der Waals surface area contributed by atoms with Gasteiger partial charge in [-0.3, -0.25) is 0 Å². The second-order valence-electron chi connectivity index (χ2n) is 16.1. The van der Waals surface area contributed by atoms with Gasteiger partial charge in [0.05, 0.1) is 22.4 Å². The van der Waals surface area contributed by atoms with Crippen LogP contribution in [0.5, 0.6) is 0 Å². The zero-order valence-electron chi connectivity index (χ0n) is 33.5. The molecule has 2 aliphatic heterocycles. The first-order valence-electron chi connectivity index (χ1n) is 20.9. The van der Waals surface area contributed by atoms with Gasteiger partial charge in [0.15, 0.2) is 0 Å². The Morgan fingerprint density at radius 3 is 1.16 bits per heavy atom. The molecule has 11 rings (SSSR count). The Hall–Kier alpha value is -6.72. The fourth-order valence-electron chi connectivity index (χ4n) is 9.97. The molecule has 0 fully saturated rings. The quantitative estimate of drug-likeness (QED) is 0.137. The van der Waals surface area contributed by atoms with E-state index in [-0.39, 0.29) is 6.71 Å². The molecule has 0 radical (unpaired) electrons. The van der Waals surface area contributed by atoms with Crippen LogP contribution >= 0.6 is 0 Å². The monoisotopic (exact) mass is 748 g/mol.